The van der Waals surface area contributed by atoms with Crippen molar-refractivity contribution in [2.24, 2.45) is 0 Å². The van der Waals surface area contributed by atoms with Crippen LogP contribution >= 0.6 is 0 Å². The van der Waals surface area contributed by atoms with Crippen molar-refractivity contribution in [2.75, 3.05) is 12.4 Å². The highest BCUT2D eigenvalue weighted by atomic mass is 16.5. The van der Waals surface area contributed by atoms with Gasteiger partial charge in [-0.05, 0) is 55.0 Å². The predicted molar refractivity (Wildman–Crippen MR) is 116 cm³/mol. The molecule has 0 spiro atoms. The van der Waals surface area contributed by atoms with Crippen LogP contribution in [0.3, 0.4) is 0 Å². The lowest BCUT2D eigenvalue weighted by atomic mass is 10.0. The van der Waals surface area contributed by atoms with Crippen LogP contribution in [-0.2, 0) is 0 Å². The average Bonchev–Trinajstić information content (AvgIpc) is 2.77. The molecule has 0 aliphatic carbocycles. The number of ether oxygens (including phenoxy) is 1. The van der Waals surface area contributed by atoms with Crippen LogP contribution in [0.25, 0.3) is 6.08 Å². The number of methoxy groups -OCH3 is 1. The van der Waals surface area contributed by atoms with Crippen molar-refractivity contribution in [2.45, 2.75) is 6.92 Å². The molecule has 3 aromatic carbocycles. The number of hydrogen-bond acceptors (Lipinski definition) is 4. The van der Waals surface area contributed by atoms with Crippen LogP contribution in [0, 0.1) is 18.3 Å². The van der Waals surface area contributed by atoms with E-state index in [1.807, 2.05) is 25.1 Å². The van der Waals surface area contributed by atoms with E-state index in [9.17, 15) is 14.9 Å². The number of allylic oxidation sites excluding steroid dienone is 1. The summed E-state index contributed by atoms with van der Waals surface area (Å²) in [6.45, 7) is 1.96. The molecule has 30 heavy (non-hydrogen) atoms. The van der Waals surface area contributed by atoms with E-state index in [0.717, 1.165) is 5.56 Å². The Labute approximate surface area is 175 Å². The molecule has 0 saturated carbocycles. The van der Waals surface area contributed by atoms with Gasteiger partial charge in [-0.1, -0.05) is 42.0 Å². The third-order valence-corrected chi connectivity index (χ3v) is 4.47. The Kier molecular flexibility index (Phi) is 6.41. The maximum atomic E-state index is 12.7. The van der Waals surface area contributed by atoms with Crippen molar-refractivity contribution in [3.8, 4) is 11.8 Å². The SMILES string of the molecule is COc1cccc(C(=O)/C(C#N)=C/c2cccc(NC(=O)c3ccc(C)cc3)c2)c1. The fourth-order valence-electron chi connectivity index (χ4n) is 2.85. The summed E-state index contributed by atoms with van der Waals surface area (Å²) in [6, 6.07) is 22.8. The quantitative estimate of drug-likeness (QED) is 0.359. The van der Waals surface area contributed by atoms with Gasteiger partial charge in [0, 0.05) is 16.8 Å². The topological polar surface area (TPSA) is 79.2 Å². The highest BCUT2D eigenvalue weighted by Gasteiger charge is 2.13. The predicted octanol–water partition coefficient (Wildman–Crippen LogP) is 5.05. The lowest BCUT2D eigenvalue weighted by Crippen LogP contribution is -2.11. The zero-order chi connectivity index (χ0) is 21.5. The molecule has 0 saturated heterocycles. The summed E-state index contributed by atoms with van der Waals surface area (Å²) in [5, 5.41) is 12.3. The molecule has 0 heterocycles. The first kappa shape index (κ1) is 20.6. The third kappa shape index (κ3) is 5.00. The van der Waals surface area contributed by atoms with Crippen molar-refractivity contribution in [3.05, 3.63) is 101 Å². The highest BCUT2D eigenvalue weighted by Crippen LogP contribution is 2.19. The summed E-state index contributed by atoms with van der Waals surface area (Å²) < 4.78 is 5.14. The number of carbonyl (C=O) groups is 2. The maximum Gasteiger partial charge on any atom is 0.255 e. The Hall–Kier alpha value is -4.17. The number of nitrogens with one attached hydrogen (secondary N) is 1. The molecule has 0 bridgehead atoms. The van der Waals surface area contributed by atoms with Gasteiger partial charge in [-0.15, -0.1) is 0 Å². The first-order chi connectivity index (χ1) is 14.5. The molecule has 0 unspecified atom stereocenters. The molecule has 0 aliphatic heterocycles. The molecule has 1 amide bonds. The third-order valence-electron chi connectivity index (χ3n) is 4.47. The van der Waals surface area contributed by atoms with Crippen LogP contribution in [-0.4, -0.2) is 18.8 Å². The molecule has 5 heteroatoms. The van der Waals surface area contributed by atoms with E-state index in [1.54, 1.807) is 60.7 Å². The minimum absolute atomic E-state index is 0.00901. The van der Waals surface area contributed by atoms with Gasteiger partial charge in [0.2, 0.25) is 5.78 Å². The lowest BCUT2D eigenvalue weighted by Gasteiger charge is -2.07. The maximum absolute atomic E-state index is 12.7. The van der Waals surface area contributed by atoms with Gasteiger partial charge in [-0.3, -0.25) is 9.59 Å². The number of nitriles is 1. The van der Waals surface area contributed by atoms with Gasteiger partial charge >= 0.3 is 0 Å². The van der Waals surface area contributed by atoms with E-state index in [0.29, 0.717) is 28.1 Å². The minimum atomic E-state index is -0.398. The Bertz CT molecular complexity index is 1160. The lowest BCUT2D eigenvalue weighted by molar-refractivity contribution is 0.102. The molecule has 0 aromatic heterocycles. The fourth-order valence-corrected chi connectivity index (χ4v) is 2.85. The van der Waals surface area contributed by atoms with Crippen molar-refractivity contribution in [3.63, 3.8) is 0 Å². The van der Waals surface area contributed by atoms with E-state index >= 15 is 0 Å². The van der Waals surface area contributed by atoms with Gasteiger partial charge < -0.3 is 10.1 Å². The number of hydrogen-bond donors (Lipinski definition) is 1. The van der Waals surface area contributed by atoms with E-state index in [-0.39, 0.29) is 11.5 Å². The average molecular weight is 396 g/mol. The molecule has 0 aliphatic rings. The standard InChI is InChI=1S/C25H20N2O3/c1-17-9-11-19(12-10-17)25(29)27-22-7-3-5-18(14-22)13-21(16-26)24(28)20-6-4-8-23(15-20)30-2/h3-15H,1-2H3,(H,27,29)/b21-13+. The van der Waals surface area contributed by atoms with Gasteiger partial charge in [0.1, 0.15) is 17.4 Å². The molecule has 1 N–H and O–H groups in total. The first-order valence-electron chi connectivity index (χ1n) is 9.29. The van der Waals surface area contributed by atoms with Crippen LogP contribution in [0.5, 0.6) is 5.75 Å². The molecule has 148 valence electrons. The van der Waals surface area contributed by atoms with Crippen LogP contribution in [0.1, 0.15) is 31.8 Å². The second kappa shape index (κ2) is 9.35. The van der Waals surface area contributed by atoms with Crippen LogP contribution < -0.4 is 10.1 Å². The molecule has 0 radical (unpaired) electrons. The first-order valence-corrected chi connectivity index (χ1v) is 9.29. The summed E-state index contributed by atoms with van der Waals surface area (Å²) >= 11 is 0. The minimum Gasteiger partial charge on any atom is -0.497 e. The Morgan fingerprint density at radius 1 is 0.967 bits per heavy atom. The molecule has 3 aromatic rings. The summed E-state index contributed by atoms with van der Waals surface area (Å²) in [4.78, 5) is 25.1. The van der Waals surface area contributed by atoms with Crippen molar-refractivity contribution in [1.82, 2.24) is 0 Å². The van der Waals surface area contributed by atoms with E-state index in [4.69, 9.17) is 4.74 Å². The monoisotopic (exact) mass is 396 g/mol. The highest BCUT2D eigenvalue weighted by molar-refractivity contribution is 6.14. The summed E-state index contributed by atoms with van der Waals surface area (Å²) in [5.74, 6) is -0.0893. The number of nitrogens with zero attached hydrogens (tertiary/aromatic N) is 1. The number of anilines is 1. The number of carbonyl (C=O) groups excluding carboxylic acids is 2. The normalized spacial score (nSPS) is 10.8. The van der Waals surface area contributed by atoms with Crippen LogP contribution in [0.4, 0.5) is 5.69 Å². The van der Waals surface area contributed by atoms with Crippen molar-refractivity contribution >= 4 is 23.5 Å². The summed E-state index contributed by atoms with van der Waals surface area (Å²) in [7, 11) is 1.51. The summed E-state index contributed by atoms with van der Waals surface area (Å²) in [5.41, 5.74) is 3.18. The van der Waals surface area contributed by atoms with Gasteiger partial charge in [0.25, 0.3) is 5.91 Å². The van der Waals surface area contributed by atoms with E-state index in [2.05, 4.69) is 5.32 Å². The Morgan fingerprint density at radius 3 is 2.40 bits per heavy atom. The van der Waals surface area contributed by atoms with Crippen LogP contribution in [0.2, 0.25) is 0 Å². The van der Waals surface area contributed by atoms with Gasteiger partial charge in [0.15, 0.2) is 0 Å². The fraction of sp³-hybridized carbons (Fsp3) is 0.0800. The number of ketones is 1. The largest absolute Gasteiger partial charge is 0.497 e. The van der Waals surface area contributed by atoms with Crippen molar-refractivity contribution in [1.29, 1.82) is 5.26 Å². The number of amides is 1. The second-order valence-electron chi connectivity index (χ2n) is 6.68. The molecule has 0 fully saturated rings. The number of Topliss-reactive ketones (excluding diaryl/α,β-unsaturated/α-hetero) is 1. The zero-order valence-corrected chi connectivity index (χ0v) is 16.7. The van der Waals surface area contributed by atoms with Crippen molar-refractivity contribution < 1.29 is 14.3 Å². The molecular weight excluding hydrogens is 376 g/mol. The van der Waals surface area contributed by atoms with Gasteiger partial charge in [-0.2, -0.15) is 5.26 Å². The number of benzene rings is 3. The molecule has 5 nitrogen and oxygen atoms in total. The number of aryl methyl sites for hydroxylation is 1. The Morgan fingerprint density at radius 2 is 1.70 bits per heavy atom. The van der Waals surface area contributed by atoms with Crippen LogP contribution in [0.15, 0.2) is 78.4 Å². The van der Waals surface area contributed by atoms with Gasteiger partial charge in [0.05, 0.1) is 7.11 Å². The van der Waals surface area contributed by atoms with Gasteiger partial charge in [-0.25, -0.2) is 0 Å². The number of rotatable bonds is 6. The second-order valence-corrected chi connectivity index (χ2v) is 6.68. The molecule has 0 atom stereocenters. The zero-order valence-electron chi connectivity index (χ0n) is 16.7. The molecule has 3 rings (SSSR count). The Balaban J connectivity index is 1.82. The van der Waals surface area contributed by atoms with E-state index in [1.165, 1.54) is 13.2 Å². The van der Waals surface area contributed by atoms with E-state index < -0.39 is 5.78 Å². The summed E-state index contributed by atoms with van der Waals surface area (Å²) in [6.07, 6.45) is 1.50. The smallest absolute Gasteiger partial charge is 0.255 e. The molecular formula is C25H20N2O3.